The maximum Gasteiger partial charge on any atom is 0.231 e. The summed E-state index contributed by atoms with van der Waals surface area (Å²) >= 11 is 0. The van der Waals surface area contributed by atoms with Crippen LogP contribution in [0.1, 0.15) is 19.8 Å². The van der Waals surface area contributed by atoms with Gasteiger partial charge < -0.3 is 14.5 Å². The van der Waals surface area contributed by atoms with Crippen molar-refractivity contribution in [1.82, 2.24) is 19.2 Å². The van der Waals surface area contributed by atoms with Gasteiger partial charge in [-0.05, 0) is 25.8 Å². The molecule has 1 aromatic heterocycles. The van der Waals surface area contributed by atoms with Crippen LogP contribution in [0.4, 0.5) is 5.95 Å². The van der Waals surface area contributed by atoms with Gasteiger partial charge in [0.15, 0.2) is 0 Å². The molecular formula is C19H29N5O4S. The molecule has 0 spiro atoms. The largest absolute Gasteiger partial charge is 0.378 e. The number of amides is 1. The topological polar surface area (TPSA) is 95.9 Å². The van der Waals surface area contributed by atoms with Gasteiger partial charge in [0.05, 0.1) is 24.4 Å². The molecule has 0 aliphatic carbocycles. The van der Waals surface area contributed by atoms with Crippen LogP contribution in [0.2, 0.25) is 0 Å². The Labute approximate surface area is 172 Å². The second kappa shape index (κ2) is 8.16. The number of ether oxygens (including phenoxy) is 1. The van der Waals surface area contributed by atoms with Gasteiger partial charge in [-0.25, -0.2) is 22.7 Å². The minimum absolute atomic E-state index is 0.0790. The summed E-state index contributed by atoms with van der Waals surface area (Å²) in [4.78, 5) is 26.4. The van der Waals surface area contributed by atoms with Crippen molar-refractivity contribution in [2.75, 3.05) is 63.1 Å². The third kappa shape index (κ3) is 3.85. The Balaban J connectivity index is 1.67. The van der Waals surface area contributed by atoms with E-state index in [2.05, 4.69) is 9.97 Å². The van der Waals surface area contributed by atoms with Crippen LogP contribution in [-0.2, 0) is 19.6 Å². The monoisotopic (exact) mass is 423 g/mol. The molecule has 0 N–H and O–H groups in total. The van der Waals surface area contributed by atoms with E-state index in [1.165, 1.54) is 0 Å². The normalized spacial score (nSPS) is 28.8. The molecule has 160 valence electrons. The fourth-order valence-electron chi connectivity index (χ4n) is 4.87. The number of sulfonamides is 1. The Morgan fingerprint density at radius 1 is 1.21 bits per heavy atom. The molecule has 0 radical (unpaired) electrons. The van der Waals surface area contributed by atoms with Crippen LogP contribution in [0.25, 0.3) is 0 Å². The first kappa shape index (κ1) is 20.5. The lowest BCUT2D eigenvalue weighted by Gasteiger charge is -2.38. The summed E-state index contributed by atoms with van der Waals surface area (Å²) < 4.78 is 32.2. The molecular weight excluding hydrogens is 394 g/mol. The van der Waals surface area contributed by atoms with E-state index in [-0.39, 0.29) is 17.6 Å². The van der Waals surface area contributed by atoms with E-state index >= 15 is 0 Å². The summed E-state index contributed by atoms with van der Waals surface area (Å²) in [5, 5.41) is 0. The lowest BCUT2D eigenvalue weighted by Crippen LogP contribution is -2.53. The van der Waals surface area contributed by atoms with Crippen molar-refractivity contribution in [3.05, 3.63) is 18.5 Å². The van der Waals surface area contributed by atoms with Crippen LogP contribution in [0, 0.1) is 11.3 Å². The van der Waals surface area contributed by atoms with E-state index in [1.54, 1.807) is 29.7 Å². The van der Waals surface area contributed by atoms with Crippen molar-refractivity contribution < 1.29 is 17.9 Å². The van der Waals surface area contributed by atoms with Crippen LogP contribution in [0.5, 0.6) is 0 Å². The van der Waals surface area contributed by atoms with E-state index in [0.29, 0.717) is 71.3 Å². The smallest absolute Gasteiger partial charge is 0.231 e. The molecule has 2 atom stereocenters. The van der Waals surface area contributed by atoms with Gasteiger partial charge in [0, 0.05) is 57.6 Å². The first-order valence-electron chi connectivity index (χ1n) is 10.3. The van der Waals surface area contributed by atoms with Crippen molar-refractivity contribution >= 4 is 21.9 Å². The van der Waals surface area contributed by atoms with Crippen molar-refractivity contribution in [2.24, 2.45) is 11.3 Å². The fourth-order valence-corrected chi connectivity index (χ4v) is 6.05. The number of aromatic nitrogens is 2. The van der Waals surface area contributed by atoms with Crippen LogP contribution in [-0.4, -0.2) is 91.7 Å². The SMILES string of the molecule is CCS(=O)(=O)N1CCC[C@@]2(C(=O)N3CCOCC3)CN(c3ncccn3)C[C@H]2C1. The number of hydrogen-bond acceptors (Lipinski definition) is 7. The molecule has 0 bridgehead atoms. The number of hydrogen-bond donors (Lipinski definition) is 0. The highest BCUT2D eigenvalue weighted by Crippen LogP contribution is 2.45. The van der Waals surface area contributed by atoms with E-state index in [4.69, 9.17) is 4.74 Å². The lowest BCUT2D eigenvalue weighted by molar-refractivity contribution is -0.147. The van der Waals surface area contributed by atoms with Crippen LogP contribution in [0.15, 0.2) is 18.5 Å². The number of rotatable bonds is 4. The first-order chi connectivity index (χ1) is 14.0. The Morgan fingerprint density at radius 2 is 1.93 bits per heavy atom. The number of nitrogens with zero attached hydrogens (tertiary/aromatic N) is 5. The molecule has 0 aromatic carbocycles. The van der Waals surface area contributed by atoms with Gasteiger partial charge in [0.1, 0.15) is 0 Å². The standard InChI is InChI=1S/C19H29N5O4S/c1-2-29(26,27)24-8-3-5-19(17(25)22-9-11-28-12-10-22)15-23(13-16(19)14-24)18-20-6-4-7-21-18/h4,6-7,16H,2-3,5,8-15H2,1H3/t16-,19+/m0/s1. The van der Waals surface area contributed by atoms with E-state index < -0.39 is 15.4 Å². The molecule has 4 rings (SSSR count). The van der Waals surface area contributed by atoms with Crippen molar-refractivity contribution in [2.45, 2.75) is 19.8 Å². The fraction of sp³-hybridized carbons (Fsp3) is 0.737. The third-order valence-electron chi connectivity index (χ3n) is 6.47. The predicted octanol–water partition coefficient (Wildman–Crippen LogP) is 0.204. The quantitative estimate of drug-likeness (QED) is 0.683. The summed E-state index contributed by atoms with van der Waals surface area (Å²) in [6.45, 7) is 5.90. The van der Waals surface area contributed by atoms with Gasteiger partial charge >= 0.3 is 0 Å². The Kier molecular flexibility index (Phi) is 5.76. The summed E-state index contributed by atoms with van der Waals surface area (Å²) in [7, 11) is -3.30. The molecule has 3 aliphatic heterocycles. The predicted molar refractivity (Wildman–Crippen MR) is 108 cm³/mol. The summed E-state index contributed by atoms with van der Waals surface area (Å²) in [5.41, 5.74) is -0.617. The molecule has 3 aliphatic rings. The molecule has 10 heteroatoms. The zero-order valence-corrected chi connectivity index (χ0v) is 17.7. The highest BCUT2D eigenvalue weighted by molar-refractivity contribution is 7.89. The summed E-state index contributed by atoms with van der Waals surface area (Å²) in [6.07, 6.45) is 4.74. The molecule has 4 heterocycles. The van der Waals surface area contributed by atoms with E-state index in [1.807, 2.05) is 9.80 Å². The van der Waals surface area contributed by atoms with Crippen LogP contribution in [0.3, 0.4) is 0 Å². The number of morpholine rings is 1. The van der Waals surface area contributed by atoms with Gasteiger partial charge in [-0.3, -0.25) is 4.79 Å². The van der Waals surface area contributed by atoms with Gasteiger partial charge in [-0.15, -0.1) is 0 Å². The van der Waals surface area contributed by atoms with E-state index in [9.17, 15) is 13.2 Å². The van der Waals surface area contributed by atoms with Gasteiger partial charge in [-0.1, -0.05) is 0 Å². The number of fused-ring (bicyclic) bond motifs is 1. The zero-order chi connectivity index (χ0) is 20.5. The third-order valence-corrected chi connectivity index (χ3v) is 8.32. The van der Waals surface area contributed by atoms with Crippen molar-refractivity contribution in [3.8, 4) is 0 Å². The van der Waals surface area contributed by atoms with Crippen molar-refractivity contribution in [3.63, 3.8) is 0 Å². The molecule has 0 saturated carbocycles. The molecule has 29 heavy (non-hydrogen) atoms. The van der Waals surface area contributed by atoms with Gasteiger partial charge in [0.25, 0.3) is 0 Å². The summed E-state index contributed by atoms with van der Waals surface area (Å²) in [6, 6.07) is 1.77. The molecule has 0 unspecified atom stereocenters. The van der Waals surface area contributed by atoms with Gasteiger partial charge in [0.2, 0.25) is 21.9 Å². The second-order valence-electron chi connectivity index (χ2n) is 8.05. The lowest BCUT2D eigenvalue weighted by atomic mass is 9.73. The average molecular weight is 424 g/mol. The molecule has 1 amide bonds. The Bertz CT molecular complexity index is 830. The first-order valence-corrected chi connectivity index (χ1v) is 11.9. The van der Waals surface area contributed by atoms with Crippen LogP contribution < -0.4 is 4.90 Å². The van der Waals surface area contributed by atoms with Crippen molar-refractivity contribution in [1.29, 1.82) is 0 Å². The van der Waals surface area contributed by atoms with Gasteiger partial charge in [-0.2, -0.15) is 0 Å². The van der Waals surface area contributed by atoms with Crippen LogP contribution >= 0.6 is 0 Å². The molecule has 9 nitrogen and oxygen atoms in total. The zero-order valence-electron chi connectivity index (χ0n) is 16.9. The number of carbonyl (C=O) groups is 1. The minimum atomic E-state index is -3.30. The number of anilines is 1. The maximum atomic E-state index is 13.7. The number of carbonyl (C=O) groups excluding carboxylic acids is 1. The Hall–Kier alpha value is -1.78. The van der Waals surface area contributed by atoms with E-state index in [0.717, 1.165) is 0 Å². The molecule has 3 fully saturated rings. The Morgan fingerprint density at radius 3 is 2.62 bits per heavy atom. The molecule has 1 aromatic rings. The highest BCUT2D eigenvalue weighted by Gasteiger charge is 2.55. The molecule has 3 saturated heterocycles. The minimum Gasteiger partial charge on any atom is -0.378 e. The summed E-state index contributed by atoms with van der Waals surface area (Å²) in [5.74, 6) is 0.709. The highest BCUT2D eigenvalue weighted by atomic mass is 32.2. The second-order valence-corrected chi connectivity index (χ2v) is 10.3. The average Bonchev–Trinajstić information content (AvgIpc) is 3.02. The maximum absolute atomic E-state index is 13.7.